The van der Waals surface area contributed by atoms with Gasteiger partial charge in [-0.15, -0.1) is 0 Å². The van der Waals surface area contributed by atoms with Gasteiger partial charge in [0.25, 0.3) is 0 Å². The first kappa shape index (κ1) is 9.32. The molecule has 0 saturated carbocycles. The van der Waals surface area contributed by atoms with Gasteiger partial charge in [-0.2, -0.15) is 0 Å². The van der Waals surface area contributed by atoms with Gasteiger partial charge < -0.3 is 15.0 Å². The van der Waals surface area contributed by atoms with Crippen molar-refractivity contribution >= 4 is 6.09 Å². The number of amides is 1. The lowest BCUT2D eigenvalue weighted by Crippen LogP contribution is -2.58. The summed E-state index contributed by atoms with van der Waals surface area (Å²) in [6.07, 6.45) is -0.232. The lowest BCUT2D eigenvalue weighted by molar-refractivity contribution is 0.0964. The Kier molecular flexibility index (Phi) is 2.57. The molecule has 0 unspecified atom stereocenters. The summed E-state index contributed by atoms with van der Waals surface area (Å²) in [5, 5.41) is 3.32. The molecule has 12 heavy (non-hydrogen) atoms. The van der Waals surface area contributed by atoms with Gasteiger partial charge in [-0.05, 0) is 13.8 Å². The Morgan fingerprint density at radius 2 is 2.25 bits per heavy atom. The normalized spacial score (nSPS) is 22.1. The third-order valence-electron chi connectivity index (χ3n) is 2.00. The van der Waals surface area contributed by atoms with Crippen LogP contribution in [0.25, 0.3) is 0 Å². The molecule has 1 rings (SSSR count). The van der Waals surface area contributed by atoms with Crippen molar-refractivity contribution in [3.63, 3.8) is 0 Å². The fourth-order valence-corrected chi connectivity index (χ4v) is 1.43. The maximum absolute atomic E-state index is 11.1. The number of nitrogens with zero attached hydrogens (tertiary/aromatic N) is 1. The predicted molar refractivity (Wildman–Crippen MR) is 46.1 cm³/mol. The van der Waals surface area contributed by atoms with Crippen molar-refractivity contribution in [2.75, 3.05) is 26.7 Å². The molecule has 0 aromatic rings. The first-order valence-corrected chi connectivity index (χ1v) is 4.13. The molecule has 1 fully saturated rings. The van der Waals surface area contributed by atoms with Crippen molar-refractivity contribution in [1.29, 1.82) is 0 Å². The van der Waals surface area contributed by atoms with Crippen LogP contribution >= 0.6 is 0 Å². The molecular formula is C8H16N2O2. The largest absolute Gasteiger partial charge is 0.453 e. The third kappa shape index (κ3) is 2.11. The van der Waals surface area contributed by atoms with Crippen molar-refractivity contribution in [3.8, 4) is 0 Å². The molecule has 1 aliphatic rings. The summed E-state index contributed by atoms with van der Waals surface area (Å²) >= 11 is 0. The zero-order valence-electron chi connectivity index (χ0n) is 7.89. The van der Waals surface area contributed by atoms with Crippen LogP contribution in [0.1, 0.15) is 13.8 Å². The van der Waals surface area contributed by atoms with E-state index in [9.17, 15) is 4.79 Å². The highest BCUT2D eigenvalue weighted by Gasteiger charge is 2.28. The summed E-state index contributed by atoms with van der Waals surface area (Å²) < 4.78 is 4.64. The van der Waals surface area contributed by atoms with E-state index < -0.39 is 0 Å². The van der Waals surface area contributed by atoms with Gasteiger partial charge in [0.05, 0.1) is 7.11 Å². The van der Waals surface area contributed by atoms with Gasteiger partial charge in [-0.25, -0.2) is 4.79 Å². The maximum Gasteiger partial charge on any atom is 0.409 e. The first-order valence-electron chi connectivity index (χ1n) is 4.13. The number of hydrogen-bond donors (Lipinski definition) is 1. The van der Waals surface area contributed by atoms with Gasteiger partial charge in [0, 0.05) is 25.2 Å². The number of piperazine rings is 1. The Labute approximate surface area is 72.9 Å². The van der Waals surface area contributed by atoms with Crippen LogP contribution in [0, 0.1) is 0 Å². The number of carbonyl (C=O) groups is 1. The molecule has 0 bridgehead atoms. The fraction of sp³-hybridized carbons (Fsp3) is 0.875. The van der Waals surface area contributed by atoms with Crippen LogP contribution in [0.4, 0.5) is 4.79 Å². The monoisotopic (exact) mass is 172 g/mol. The molecule has 1 aliphatic heterocycles. The summed E-state index contributed by atoms with van der Waals surface area (Å²) in [5.41, 5.74) is 0.00639. The molecule has 0 radical (unpaired) electrons. The summed E-state index contributed by atoms with van der Waals surface area (Å²) in [4.78, 5) is 12.8. The van der Waals surface area contributed by atoms with Gasteiger partial charge in [-0.1, -0.05) is 0 Å². The molecule has 0 aromatic heterocycles. The van der Waals surface area contributed by atoms with Gasteiger partial charge >= 0.3 is 6.09 Å². The zero-order valence-corrected chi connectivity index (χ0v) is 7.89. The van der Waals surface area contributed by atoms with E-state index in [0.717, 1.165) is 13.1 Å². The van der Waals surface area contributed by atoms with E-state index >= 15 is 0 Å². The zero-order chi connectivity index (χ0) is 9.19. The third-order valence-corrected chi connectivity index (χ3v) is 2.00. The Morgan fingerprint density at radius 3 is 2.75 bits per heavy atom. The topological polar surface area (TPSA) is 41.6 Å². The summed E-state index contributed by atoms with van der Waals surface area (Å²) in [7, 11) is 1.41. The number of carbonyl (C=O) groups excluding carboxylic acids is 1. The van der Waals surface area contributed by atoms with Gasteiger partial charge in [0.15, 0.2) is 0 Å². The molecular weight excluding hydrogens is 156 g/mol. The number of hydrogen-bond acceptors (Lipinski definition) is 3. The van der Waals surface area contributed by atoms with Crippen molar-refractivity contribution in [2.45, 2.75) is 19.4 Å². The molecule has 1 saturated heterocycles. The van der Waals surface area contributed by atoms with E-state index in [1.54, 1.807) is 4.90 Å². The summed E-state index contributed by atoms with van der Waals surface area (Å²) in [6, 6.07) is 0. The molecule has 4 heteroatoms. The number of methoxy groups -OCH3 is 1. The Morgan fingerprint density at radius 1 is 1.58 bits per heavy atom. The van der Waals surface area contributed by atoms with Crippen molar-refractivity contribution in [2.24, 2.45) is 0 Å². The minimum absolute atomic E-state index is 0.00639. The van der Waals surface area contributed by atoms with Crippen LogP contribution in [0.2, 0.25) is 0 Å². The van der Waals surface area contributed by atoms with Crippen LogP contribution in [0.15, 0.2) is 0 Å². The molecule has 0 spiro atoms. The Bertz CT molecular complexity index is 180. The van der Waals surface area contributed by atoms with Crippen LogP contribution in [0.3, 0.4) is 0 Å². The SMILES string of the molecule is COC(=O)N1CCNC(C)(C)C1. The molecule has 0 aromatic carbocycles. The van der Waals surface area contributed by atoms with Crippen LogP contribution in [-0.4, -0.2) is 43.3 Å². The quantitative estimate of drug-likeness (QED) is 0.576. The van der Waals surface area contributed by atoms with E-state index in [2.05, 4.69) is 23.9 Å². The molecule has 0 aliphatic carbocycles. The lowest BCUT2D eigenvalue weighted by Gasteiger charge is -2.38. The van der Waals surface area contributed by atoms with Crippen LogP contribution in [0.5, 0.6) is 0 Å². The molecule has 1 amide bonds. The average molecular weight is 172 g/mol. The van der Waals surface area contributed by atoms with E-state index in [-0.39, 0.29) is 11.6 Å². The highest BCUT2D eigenvalue weighted by atomic mass is 16.5. The molecule has 1 N–H and O–H groups in total. The second-order valence-electron chi connectivity index (χ2n) is 3.70. The van der Waals surface area contributed by atoms with Gasteiger partial charge in [0.2, 0.25) is 0 Å². The predicted octanol–water partition coefficient (Wildman–Crippen LogP) is 0.437. The summed E-state index contributed by atoms with van der Waals surface area (Å²) in [6.45, 7) is 6.42. The molecule has 1 heterocycles. The lowest BCUT2D eigenvalue weighted by atomic mass is 10.0. The average Bonchev–Trinajstić information content (AvgIpc) is 2.01. The number of nitrogens with one attached hydrogen (secondary N) is 1. The second kappa shape index (κ2) is 3.31. The highest BCUT2D eigenvalue weighted by molar-refractivity contribution is 5.67. The molecule has 70 valence electrons. The first-order chi connectivity index (χ1) is 5.55. The van der Waals surface area contributed by atoms with Crippen molar-refractivity contribution in [1.82, 2.24) is 10.2 Å². The van der Waals surface area contributed by atoms with E-state index in [0.29, 0.717) is 6.54 Å². The molecule has 4 nitrogen and oxygen atoms in total. The van der Waals surface area contributed by atoms with E-state index in [1.807, 2.05) is 0 Å². The van der Waals surface area contributed by atoms with Crippen LogP contribution < -0.4 is 5.32 Å². The van der Waals surface area contributed by atoms with Gasteiger partial charge in [-0.3, -0.25) is 0 Å². The molecule has 0 atom stereocenters. The Hall–Kier alpha value is -0.770. The second-order valence-corrected chi connectivity index (χ2v) is 3.70. The van der Waals surface area contributed by atoms with Crippen molar-refractivity contribution in [3.05, 3.63) is 0 Å². The van der Waals surface area contributed by atoms with Crippen LogP contribution in [-0.2, 0) is 4.74 Å². The standard InChI is InChI=1S/C8H16N2O2/c1-8(2)6-10(5-4-9-8)7(11)12-3/h9H,4-6H2,1-3H3. The minimum Gasteiger partial charge on any atom is -0.453 e. The Balaban J connectivity index is 2.52. The maximum atomic E-state index is 11.1. The van der Waals surface area contributed by atoms with Gasteiger partial charge in [0.1, 0.15) is 0 Å². The fourth-order valence-electron chi connectivity index (χ4n) is 1.43. The smallest absolute Gasteiger partial charge is 0.409 e. The minimum atomic E-state index is -0.232. The van der Waals surface area contributed by atoms with E-state index in [1.165, 1.54) is 7.11 Å². The highest BCUT2D eigenvalue weighted by Crippen LogP contribution is 2.10. The van der Waals surface area contributed by atoms with E-state index in [4.69, 9.17) is 0 Å². The van der Waals surface area contributed by atoms with Crippen molar-refractivity contribution < 1.29 is 9.53 Å². The summed E-state index contributed by atoms with van der Waals surface area (Å²) in [5.74, 6) is 0. The number of rotatable bonds is 0. The number of ether oxygens (including phenoxy) is 1.